The zero-order valence-electron chi connectivity index (χ0n) is 24.0. The molecule has 1 aliphatic carbocycles. The number of amides is 2. The maximum Gasteiger partial charge on any atom is 0.253 e. The number of likely N-dealkylation sites (tertiary alicyclic amines) is 1. The van der Waals surface area contributed by atoms with Gasteiger partial charge in [0.2, 0.25) is 15.9 Å². The Bertz CT molecular complexity index is 1350. The highest BCUT2D eigenvalue weighted by atomic mass is 32.2. The number of benzene rings is 1. The fraction of sp³-hybridized carbons (Fsp3) is 0.667. The van der Waals surface area contributed by atoms with Crippen LogP contribution in [0.1, 0.15) is 86.8 Å². The summed E-state index contributed by atoms with van der Waals surface area (Å²) in [5.41, 5.74) is 3.10. The number of piperidine rings is 1. The van der Waals surface area contributed by atoms with E-state index in [0.29, 0.717) is 49.2 Å². The maximum absolute atomic E-state index is 13.7. The average molecular weight is 557 g/mol. The number of unbranched alkanes of at least 4 members (excludes halogenated alkanes) is 1. The summed E-state index contributed by atoms with van der Waals surface area (Å²) in [5, 5.41) is 0.856. The van der Waals surface area contributed by atoms with Crippen LogP contribution >= 0.6 is 0 Å². The lowest BCUT2D eigenvalue weighted by Crippen LogP contribution is -2.46. The monoisotopic (exact) mass is 556 g/mol. The van der Waals surface area contributed by atoms with E-state index in [9.17, 15) is 18.0 Å². The molecule has 3 aliphatic rings. The highest BCUT2D eigenvalue weighted by Gasteiger charge is 2.36. The van der Waals surface area contributed by atoms with Gasteiger partial charge in [-0.2, -0.15) is 0 Å². The molecule has 0 radical (unpaired) electrons. The summed E-state index contributed by atoms with van der Waals surface area (Å²) in [6, 6.07) is 6.24. The van der Waals surface area contributed by atoms with Crippen LogP contribution < -0.4 is 0 Å². The van der Waals surface area contributed by atoms with Crippen LogP contribution in [-0.4, -0.2) is 83.9 Å². The molecule has 2 aromatic rings. The Balaban J connectivity index is 1.46. The second-order valence-electron chi connectivity index (χ2n) is 12.0. The van der Waals surface area contributed by atoms with E-state index in [1.54, 1.807) is 12.1 Å². The molecule has 2 unspecified atom stereocenters. The molecule has 3 heterocycles. The third-order valence-electron chi connectivity index (χ3n) is 9.03. The number of hydrogen-bond acceptors (Lipinski definition) is 5. The second-order valence-corrected chi connectivity index (χ2v) is 13.9. The summed E-state index contributed by atoms with van der Waals surface area (Å²) >= 11 is 0. The Morgan fingerprint density at radius 1 is 1.13 bits per heavy atom. The van der Waals surface area contributed by atoms with Crippen molar-refractivity contribution in [1.29, 1.82) is 0 Å². The van der Waals surface area contributed by atoms with E-state index in [2.05, 4.69) is 18.7 Å². The quantitative estimate of drug-likeness (QED) is 0.486. The molecular formula is C30H44N4O4S. The van der Waals surface area contributed by atoms with E-state index in [4.69, 9.17) is 0 Å². The van der Waals surface area contributed by atoms with Gasteiger partial charge in [0.1, 0.15) is 0 Å². The van der Waals surface area contributed by atoms with E-state index >= 15 is 0 Å². The molecule has 1 aromatic carbocycles. The van der Waals surface area contributed by atoms with Gasteiger partial charge in [-0.05, 0) is 82.2 Å². The topological polar surface area (TPSA) is 82.9 Å². The molecule has 2 amide bonds. The van der Waals surface area contributed by atoms with Crippen molar-refractivity contribution in [1.82, 2.24) is 18.7 Å². The van der Waals surface area contributed by atoms with Gasteiger partial charge in [-0.25, -0.2) is 12.4 Å². The lowest BCUT2D eigenvalue weighted by molar-refractivity contribution is -0.136. The Morgan fingerprint density at radius 3 is 2.59 bits per heavy atom. The van der Waals surface area contributed by atoms with Crippen molar-refractivity contribution in [3.63, 3.8) is 0 Å². The lowest BCUT2D eigenvalue weighted by atomic mass is 9.95. The smallest absolute Gasteiger partial charge is 0.253 e. The first-order chi connectivity index (χ1) is 18.6. The van der Waals surface area contributed by atoms with Crippen LogP contribution in [0.15, 0.2) is 18.2 Å². The van der Waals surface area contributed by atoms with Crippen molar-refractivity contribution in [3.05, 3.63) is 35.0 Å². The number of nitrogens with zero attached hydrogens (tertiary/aromatic N) is 4. The zero-order valence-corrected chi connectivity index (χ0v) is 24.8. The first kappa shape index (κ1) is 28.1. The van der Waals surface area contributed by atoms with Crippen LogP contribution in [0.4, 0.5) is 0 Å². The number of hydrogen-bond donors (Lipinski definition) is 0. The second kappa shape index (κ2) is 11.2. The predicted molar refractivity (Wildman–Crippen MR) is 154 cm³/mol. The summed E-state index contributed by atoms with van der Waals surface area (Å²) in [5.74, 6) is -0.0813. The van der Waals surface area contributed by atoms with Crippen LogP contribution in [-0.2, 0) is 27.8 Å². The van der Waals surface area contributed by atoms with E-state index in [1.165, 1.54) is 16.6 Å². The molecule has 9 heteroatoms. The molecule has 0 N–H and O–H groups in total. The van der Waals surface area contributed by atoms with Gasteiger partial charge in [-0.1, -0.05) is 19.8 Å². The van der Waals surface area contributed by atoms with Crippen molar-refractivity contribution in [2.45, 2.75) is 90.3 Å². The number of aromatic nitrogens is 1. The third kappa shape index (κ3) is 5.75. The minimum Gasteiger partial charge on any atom is -0.342 e. The molecule has 39 heavy (non-hydrogen) atoms. The van der Waals surface area contributed by atoms with Crippen LogP contribution in [0.25, 0.3) is 10.9 Å². The molecule has 214 valence electrons. The molecule has 1 saturated carbocycles. The van der Waals surface area contributed by atoms with Crippen LogP contribution in [0, 0.1) is 5.92 Å². The van der Waals surface area contributed by atoms with Crippen molar-refractivity contribution in [3.8, 4) is 0 Å². The highest BCUT2D eigenvalue weighted by molar-refractivity contribution is 7.89. The van der Waals surface area contributed by atoms with E-state index < -0.39 is 10.0 Å². The first-order valence-corrected chi connectivity index (χ1v) is 16.6. The van der Waals surface area contributed by atoms with Crippen molar-refractivity contribution < 1.29 is 18.0 Å². The van der Waals surface area contributed by atoms with E-state index in [-0.39, 0.29) is 17.7 Å². The summed E-state index contributed by atoms with van der Waals surface area (Å²) in [4.78, 5) is 32.9. The zero-order chi connectivity index (χ0) is 27.9. The fourth-order valence-electron chi connectivity index (χ4n) is 6.58. The summed E-state index contributed by atoms with van der Waals surface area (Å²) in [6.07, 6.45) is 10.1. The Hall–Kier alpha value is -2.39. The van der Waals surface area contributed by atoms with Crippen molar-refractivity contribution >= 4 is 32.7 Å². The minimum absolute atomic E-state index is 0.0777. The summed E-state index contributed by atoms with van der Waals surface area (Å²) in [7, 11) is -1.63. The van der Waals surface area contributed by atoms with Crippen molar-refractivity contribution in [2.75, 3.05) is 32.9 Å². The van der Waals surface area contributed by atoms with Gasteiger partial charge in [-0.3, -0.25) is 14.5 Å². The third-order valence-corrected chi connectivity index (χ3v) is 10.1. The van der Waals surface area contributed by atoms with Crippen molar-refractivity contribution in [2.24, 2.45) is 5.92 Å². The predicted octanol–water partition coefficient (Wildman–Crippen LogP) is 4.25. The maximum atomic E-state index is 13.7. The Kier molecular flexibility index (Phi) is 8.11. The average Bonchev–Trinajstić information content (AvgIpc) is 3.75. The lowest BCUT2D eigenvalue weighted by Gasteiger charge is -2.34. The van der Waals surface area contributed by atoms with Gasteiger partial charge in [-0.15, -0.1) is 0 Å². The number of rotatable bonds is 8. The molecule has 2 aliphatic heterocycles. The summed E-state index contributed by atoms with van der Waals surface area (Å²) in [6.45, 7) is 7.17. The van der Waals surface area contributed by atoms with Gasteiger partial charge in [0, 0.05) is 55.4 Å². The molecular weight excluding hydrogens is 512 g/mol. The normalized spacial score (nSPS) is 21.4. The minimum atomic E-state index is -3.52. The van der Waals surface area contributed by atoms with E-state index in [0.717, 1.165) is 68.1 Å². The Labute approximate surface area is 233 Å². The van der Waals surface area contributed by atoms with Gasteiger partial charge < -0.3 is 9.80 Å². The molecule has 2 fully saturated rings. The molecule has 0 spiro atoms. The fourth-order valence-corrected chi connectivity index (χ4v) is 7.70. The molecule has 1 aromatic heterocycles. The van der Waals surface area contributed by atoms with Gasteiger partial charge in [0.15, 0.2) is 0 Å². The molecule has 8 nitrogen and oxygen atoms in total. The molecule has 5 rings (SSSR count). The van der Waals surface area contributed by atoms with Gasteiger partial charge in [0.25, 0.3) is 5.91 Å². The van der Waals surface area contributed by atoms with Gasteiger partial charge in [0.05, 0.1) is 17.7 Å². The van der Waals surface area contributed by atoms with Crippen LogP contribution in [0.3, 0.4) is 0 Å². The first-order valence-electron chi connectivity index (χ1n) is 14.8. The molecule has 1 saturated heterocycles. The highest BCUT2D eigenvalue weighted by Crippen LogP contribution is 2.34. The summed E-state index contributed by atoms with van der Waals surface area (Å²) < 4.78 is 27.4. The SMILES string of the molecule is CCCCC(C)N1CCCc2c(c3cc(C(=O)N4CCCC(C(=O)N(C)C5CC5)C4)ccc3n2S(C)(=O)=O)C1. The standard InChI is InChI=1S/C30H44N4O4S/c1-5-6-9-21(2)32-16-8-11-27-26(20-32)25-18-22(12-15-28(25)34(27)39(4,37)38)30(36)33-17-7-10-23(19-33)29(35)31(3)24-13-14-24/h12,15,18,21,23-24H,5-11,13-14,16-17,19-20H2,1-4H3. The molecule has 2 atom stereocenters. The van der Waals surface area contributed by atoms with Crippen LogP contribution in [0.2, 0.25) is 0 Å². The molecule has 0 bridgehead atoms. The largest absolute Gasteiger partial charge is 0.342 e. The van der Waals surface area contributed by atoms with Crippen LogP contribution in [0.5, 0.6) is 0 Å². The Morgan fingerprint density at radius 2 is 1.90 bits per heavy atom. The number of fused-ring (bicyclic) bond motifs is 3. The van der Waals surface area contributed by atoms with Gasteiger partial charge >= 0.3 is 0 Å². The number of carbonyl (C=O) groups is 2. The van der Waals surface area contributed by atoms with E-state index in [1.807, 2.05) is 22.9 Å². The number of carbonyl (C=O) groups excluding carboxylic acids is 2.